The molecule has 1 fully saturated rings. The lowest BCUT2D eigenvalue weighted by Crippen LogP contribution is -2.57. The van der Waals surface area contributed by atoms with Crippen molar-refractivity contribution in [2.75, 3.05) is 19.8 Å². The second-order valence-electron chi connectivity index (χ2n) is 5.93. The molecule has 0 unspecified atom stereocenters. The fourth-order valence-electron chi connectivity index (χ4n) is 2.59. The Morgan fingerprint density at radius 2 is 2.00 bits per heavy atom. The number of nitrogens with one attached hydrogen (secondary N) is 1. The second-order valence-corrected chi connectivity index (χ2v) is 5.93. The number of halogens is 1. The Hall–Kier alpha value is -2.25. The summed E-state index contributed by atoms with van der Waals surface area (Å²) in [6.07, 6.45) is 3.12. The van der Waals surface area contributed by atoms with Gasteiger partial charge in [-0.2, -0.15) is 0 Å². The quantitative estimate of drug-likeness (QED) is 0.868. The van der Waals surface area contributed by atoms with E-state index < -0.39 is 5.54 Å². The molecule has 0 saturated carbocycles. The van der Waals surface area contributed by atoms with Crippen molar-refractivity contribution in [2.24, 2.45) is 5.73 Å². The van der Waals surface area contributed by atoms with E-state index in [9.17, 15) is 9.18 Å². The summed E-state index contributed by atoms with van der Waals surface area (Å²) in [7, 11) is 0. The molecule has 24 heavy (non-hydrogen) atoms. The van der Waals surface area contributed by atoms with Crippen molar-refractivity contribution in [1.29, 1.82) is 0 Å². The number of rotatable bonds is 5. The number of hydrogen-bond donors (Lipinski definition) is 2. The van der Waals surface area contributed by atoms with Gasteiger partial charge in [-0.3, -0.25) is 4.79 Å². The third-order valence-electron chi connectivity index (χ3n) is 4.15. The molecule has 2 heterocycles. The van der Waals surface area contributed by atoms with Crippen LogP contribution in [-0.2, 0) is 16.0 Å². The molecule has 7 heteroatoms. The van der Waals surface area contributed by atoms with Gasteiger partial charge in [0.1, 0.15) is 12.1 Å². The summed E-state index contributed by atoms with van der Waals surface area (Å²) >= 11 is 0. The first kappa shape index (κ1) is 16.6. The molecular weight excluding hydrogens is 313 g/mol. The monoisotopic (exact) mass is 333 g/mol. The van der Waals surface area contributed by atoms with Crippen LogP contribution in [0, 0.1) is 5.82 Å². The van der Waals surface area contributed by atoms with Crippen molar-refractivity contribution in [3.05, 3.63) is 42.0 Å². The summed E-state index contributed by atoms with van der Waals surface area (Å²) in [6.45, 7) is 1.44. The molecule has 1 saturated heterocycles. The average molecular weight is 333 g/mol. The van der Waals surface area contributed by atoms with Crippen LogP contribution in [0.1, 0.15) is 18.5 Å². The predicted octanol–water partition coefficient (Wildman–Crippen LogP) is 1.65. The van der Waals surface area contributed by atoms with E-state index in [-0.39, 0.29) is 11.7 Å². The number of carbonyl (C=O) groups excluding carboxylic acids is 1. The van der Waals surface area contributed by atoms with E-state index in [4.69, 9.17) is 14.9 Å². The smallest absolute Gasteiger partial charge is 0.240 e. The van der Waals surface area contributed by atoms with E-state index in [0.29, 0.717) is 56.2 Å². The van der Waals surface area contributed by atoms with Crippen molar-refractivity contribution in [1.82, 2.24) is 10.3 Å². The maximum atomic E-state index is 12.9. The van der Waals surface area contributed by atoms with Gasteiger partial charge >= 0.3 is 0 Å². The van der Waals surface area contributed by atoms with Crippen LogP contribution in [-0.4, -0.2) is 36.2 Å². The topological polar surface area (TPSA) is 90.4 Å². The molecule has 3 N–H and O–H groups in total. The highest BCUT2D eigenvalue weighted by molar-refractivity contribution is 5.86. The molecule has 0 atom stereocenters. The van der Waals surface area contributed by atoms with Gasteiger partial charge in [0, 0.05) is 31.7 Å². The maximum absolute atomic E-state index is 12.9. The van der Waals surface area contributed by atoms with Gasteiger partial charge in [0.2, 0.25) is 11.8 Å². The number of oxazole rings is 1. The number of carbonyl (C=O) groups is 1. The fraction of sp³-hybridized carbons (Fsp3) is 0.412. The second kappa shape index (κ2) is 7.11. The SMILES string of the molecule is NC1(C(=O)NCCc2coc(-c3ccc(F)cc3)n2)CCOCC1. The summed E-state index contributed by atoms with van der Waals surface area (Å²) in [5, 5.41) is 2.85. The van der Waals surface area contributed by atoms with Crippen molar-refractivity contribution in [2.45, 2.75) is 24.8 Å². The Morgan fingerprint density at radius 3 is 2.71 bits per heavy atom. The lowest BCUT2D eigenvalue weighted by atomic mass is 9.90. The van der Waals surface area contributed by atoms with Gasteiger partial charge in [0.15, 0.2) is 0 Å². The van der Waals surface area contributed by atoms with Crippen LogP contribution in [0.15, 0.2) is 34.9 Å². The molecular formula is C17H20FN3O3. The molecule has 0 radical (unpaired) electrons. The Kier molecular flexibility index (Phi) is 4.92. The molecule has 1 aliphatic rings. The van der Waals surface area contributed by atoms with Gasteiger partial charge in [-0.15, -0.1) is 0 Å². The Balaban J connectivity index is 1.52. The molecule has 1 aliphatic heterocycles. The molecule has 128 valence electrons. The number of hydrogen-bond acceptors (Lipinski definition) is 5. The highest BCUT2D eigenvalue weighted by Crippen LogP contribution is 2.19. The summed E-state index contributed by atoms with van der Waals surface area (Å²) in [4.78, 5) is 16.5. The molecule has 2 aromatic rings. The van der Waals surface area contributed by atoms with Crippen LogP contribution >= 0.6 is 0 Å². The van der Waals surface area contributed by atoms with Gasteiger partial charge in [-0.05, 0) is 37.1 Å². The van der Waals surface area contributed by atoms with Crippen LogP contribution in [0.25, 0.3) is 11.5 Å². The summed E-state index contributed by atoms with van der Waals surface area (Å²) in [5.74, 6) is -0.0406. The van der Waals surface area contributed by atoms with Gasteiger partial charge in [0.05, 0.1) is 11.2 Å². The lowest BCUT2D eigenvalue weighted by molar-refractivity contribution is -0.129. The predicted molar refractivity (Wildman–Crippen MR) is 85.6 cm³/mol. The first-order chi connectivity index (χ1) is 11.6. The first-order valence-corrected chi connectivity index (χ1v) is 7.92. The number of ether oxygens (including phenoxy) is 1. The molecule has 0 spiro atoms. The van der Waals surface area contributed by atoms with E-state index in [1.54, 1.807) is 12.1 Å². The Bertz CT molecular complexity index is 693. The first-order valence-electron chi connectivity index (χ1n) is 7.92. The normalized spacial score (nSPS) is 16.8. The van der Waals surface area contributed by atoms with Gasteiger partial charge in [-0.25, -0.2) is 9.37 Å². The third kappa shape index (κ3) is 3.80. The van der Waals surface area contributed by atoms with Crippen molar-refractivity contribution >= 4 is 5.91 Å². The minimum atomic E-state index is -0.846. The van der Waals surface area contributed by atoms with Gasteiger partial charge < -0.3 is 20.2 Å². The van der Waals surface area contributed by atoms with E-state index in [0.717, 1.165) is 0 Å². The number of nitrogens with zero attached hydrogens (tertiary/aromatic N) is 1. The number of amides is 1. The van der Waals surface area contributed by atoms with Crippen LogP contribution in [0.2, 0.25) is 0 Å². The van der Waals surface area contributed by atoms with Gasteiger partial charge in [-0.1, -0.05) is 0 Å². The maximum Gasteiger partial charge on any atom is 0.240 e. The number of nitrogens with two attached hydrogens (primary N) is 1. The summed E-state index contributed by atoms with van der Waals surface area (Å²) < 4.78 is 23.6. The van der Waals surface area contributed by atoms with Crippen LogP contribution < -0.4 is 11.1 Å². The van der Waals surface area contributed by atoms with E-state index in [1.807, 2.05) is 0 Å². The zero-order chi connectivity index (χ0) is 17.0. The fourth-order valence-corrected chi connectivity index (χ4v) is 2.59. The van der Waals surface area contributed by atoms with Crippen molar-refractivity contribution < 1.29 is 18.3 Å². The average Bonchev–Trinajstić information content (AvgIpc) is 3.05. The largest absolute Gasteiger partial charge is 0.444 e. The van der Waals surface area contributed by atoms with Crippen LogP contribution in [0.3, 0.4) is 0 Å². The zero-order valence-electron chi connectivity index (χ0n) is 13.3. The number of benzene rings is 1. The minimum absolute atomic E-state index is 0.159. The van der Waals surface area contributed by atoms with Crippen molar-refractivity contribution in [3.8, 4) is 11.5 Å². The highest BCUT2D eigenvalue weighted by Gasteiger charge is 2.35. The standard InChI is InChI=1S/C17H20FN3O3/c18-13-3-1-12(2-4-13)15-21-14(11-24-15)5-8-20-16(22)17(19)6-9-23-10-7-17/h1-4,11H,5-10,19H2,(H,20,22). The third-order valence-corrected chi connectivity index (χ3v) is 4.15. The molecule has 1 aromatic carbocycles. The molecule has 6 nitrogen and oxygen atoms in total. The molecule has 0 bridgehead atoms. The molecule has 1 amide bonds. The van der Waals surface area contributed by atoms with Crippen LogP contribution in [0.4, 0.5) is 4.39 Å². The minimum Gasteiger partial charge on any atom is -0.444 e. The number of aromatic nitrogens is 1. The molecule has 3 rings (SSSR count). The molecule has 1 aromatic heterocycles. The van der Waals surface area contributed by atoms with E-state index >= 15 is 0 Å². The van der Waals surface area contributed by atoms with E-state index in [1.165, 1.54) is 18.4 Å². The molecule has 0 aliphatic carbocycles. The van der Waals surface area contributed by atoms with E-state index in [2.05, 4.69) is 10.3 Å². The van der Waals surface area contributed by atoms with Crippen LogP contribution in [0.5, 0.6) is 0 Å². The lowest BCUT2D eigenvalue weighted by Gasteiger charge is -2.31. The Labute approximate surface area is 139 Å². The highest BCUT2D eigenvalue weighted by atomic mass is 19.1. The summed E-state index contributed by atoms with van der Waals surface area (Å²) in [6, 6.07) is 5.92. The van der Waals surface area contributed by atoms with Crippen molar-refractivity contribution in [3.63, 3.8) is 0 Å². The van der Waals surface area contributed by atoms with Gasteiger partial charge in [0.25, 0.3) is 0 Å². The summed E-state index contributed by atoms with van der Waals surface area (Å²) in [5.41, 5.74) is 6.69. The Morgan fingerprint density at radius 1 is 1.29 bits per heavy atom. The zero-order valence-corrected chi connectivity index (χ0v) is 13.3.